The van der Waals surface area contributed by atoms with Gasteiger partial charge in [-0.1, -0.05) is 61.0 Å². The SMILES string of the molecule is Cc1cc(C(=O)Nc2cccc(C(NC3CCC3)c3ccccc3)c2)n(-c2cccc(CN)c2)n1. The number of aryl methyl sites for hydroxylation is 1. The molecule has 35 heavy (non-hydrogen) atoms. The minimum Gasteiger partial charge on any atom is -0.326 e. The molecule has 178 valence electrons. The van der Waals surface area contributed by atoms with E-state index in [2.05, 4.69) is 52.1 Å². The molecule has 0 radical (unpaired) electrons. The molecule has 1 heterocycles. The summed E-state index contributed by atoms with van der Waals surface area (Å²) in [6.45, 7) is 2.32. The molecule has 4 N–H and O–H groups in total. The van der Waals surface area contributed by atoms with Crippen molar-refractivity contribution in [3.63, 3.8) is 0 Å². The van der Waals surface area contributed by atoms with Crippen LogP contribution in [0.15, 0.2) is 84.9 Å². The summed E-state index contributed by atoms with van der Waals surface area (Å²) in [5.74, 6) is -0.205. The highest BCUT2D eigenvalue weighted by atomic mass is 16.2. The van der Waals surface area contributed by atoms with Gasteiger partial charge in [-0.3, -0.25) is 4.79 Å². The predicted molar refractivity (Wildman–Crippen MR) is 140 cm³/mol. The number of aromatic nitrogens is 2. The molecule has 0 saturated heterocycles. The lowest BCUT2D eigenvalue weighted by molar-refractivity contribution is 0.101. The third kappa shape index (κ3) is 5.19. The zero-order valence-corrected chi connectivity index (χ0v) is 19.9. The van der Waals surface area contributed by atoms with Gasteiger partial charge >= 0.3 is 0 Å². The molecular formula is C29H31N5O. The molecule has 1 atom stereocenters. The van der Waals surface area contributed by atoms with Crippen LogP contribution in [-0.4, -0.2) is 21.7 Å². The number of rotatable bonds is 8. The Morgan fingerprint density at radius 1 is 1.00 bits per heavy atom. The van der Waals surface area contributed by atoms with Crippen molar-refractivity contribution in [1.29, 1.82) is 0 Å². The first-order valence-electron chi connectivity index (χ1n) is 12.2. The van der Waals surface area contributed by atoms with Gasteiger partial charge < -0.3 is 16.4 Å². The molecule has 1 aromatic heterocycles. The Kier molecular flexibility index (Phi) is 6.75. The van der Waals surface area contributed by atoms with E-state index in [1.165, 1.54) is 24.8 Å². The summed E-state index contributed by atoms with van der Waals surface area (Å²) in [4.78, 5) is 13.3. The maximum atomic E-state index is 13.3. The van der Waals surface area contributed by atoms with E-state index in [1.54, 1.807) is 10.7 Å². The average molecular weight is 466 g/mol. The molecule has 0 bridgehead atoms. The summed E-state index contributed by atoms with van der Waals surface area (Å²) < 4.78 is 1.68. The van der Waals surface area contributed by atoms with Crippen LogP contribution in [0.1, 0.15) is 58.2 Å². The highest BCUT2D eigenvalue weighted by Crippen LogP contribution is 2.29. The van der Waals surface area contributed by atoms with Crippen LogP contribution in [0.5, 0.6) is 0 Å². The molecule has 6 heteroatoms. The summed E-state index contributed by atoms with van der Waals surface area (Å²) in [5, 5.41) is 11.4. The summed E-state index contributed by atoms with van der Waals surface area (Å²) in [6.07, 6.45) is 3.68. The molecule has 1 unspecified atom stereocenters. The number of carbonyl (C=O) groups excluding carboxylic acids is 1. The van der Waals surface area contributed by atoms with Crippen LogP contribution in [-0.2, 0) is 6.54 Å². The lowest BCUT2D eigenvalue weighted by atomic mass is 9.89. The average Bonchev–Trinajstić information content (AvgIpc) is 3.26. The summed E-state index contributed by atoms with van der Waals surface area (Å²) >= 11 is 0. The molecular weight excluding hydrogens is 434 g/mol. The van der Waals surface area contributed by atoms with Crippen molar-refractivity contribution in [1.82, 2.24) is 15.1 Å². The molecule has 1 aliphatic carbocycles. The largest absolute Gasteiger partial charge is 0.326 e. The number of anilines is 1. The molecule has 0 aliphatic heterocycles. The highest BCUT2D eigenvalue weighted by molar-refractivity contribution is 6.03. The van der Waals surface area contributed by atoms with E-state index >= 15 is 0 Å². The van der Waals surface area contributed by atoms with Crippen LogP contribution in [0, 0.1) is 6.92 Å². The number of nitrogens with two attached hydrogens (primary N) is 1. The van der Waals surface area contributed by atoms with E-state index in [1.807, 2.05) is 49.4 Å². The van der Waals surface area contributed by atoms with Gasteiger partial charge in [-0.2, -0.15) is 5.10 Å². The fourth-order valence-electron chi connectivity index (χ4n) is 4.51. The summed E-state index contributed by atoms with van der Waals surface area (Å²) in [7, 11) is 0. The second kappa shape index (κ2) is 10.3. The van der Waals surface area contributed by atoms with E-state index in [0.717, 1.165) is 28.2 Å². The van der Waals surface area contributed by atoms with Crippen LogP contribution >= 0.6 is 0 Å². The Labute approximate surface area is 206 Å². The first kappa shape index (κ1) is 23.0. The van der Waals surface area contributed by atoms with Crippen LogP contribution in [0.2, 0.25) is 0 Å². The molecule has 1 amide bonds. The quantitative estimate of drug-likeness (QED) is 0.337. The van der Waals surface area contributed by atoms with Gasteiger partial charge in [-0.25, -0.2) is 4.68 Å². The number of nitrogens with one attached hydrogen (secondary N) is 2. The number of hydrogen-bond donors (Lipinski definition) is 3. The van der Waals surface area contributed by atoms with E-state index in [4.69, 9.17) is 5.73 Å². The minimum absolute atomic E-state index is 0.0742. The van der Waals surface area contributed by atoms with Crippen molar-refractivity contribution < 1.29 is 4.79 Å². The Morgan fingerprint density at radius 3 is 2.51 bits per heavy atom. The van der Waals surface area contributed by atoms with Crippen LogP contribution < -0.4 is 16.4 Å². The number of benzene rings is 3. The lowest BCUT2D eigenvalue weighted by Crippen LogP contribution is -2.38. The van der Waals surface area contributed by atoms with Crippen LogP contribution in [0.25, 0.3) is 5.69 Å². The summed E-state index contributed by atoms with van der Waals surface area (Å²) in [6, 6.07) is 28.8. The lowest BCUT2D eigenvalue weighted by Gasteiger charge is -2.32. The number of amides is 1. The maximum Gasteiger partial charge on any atom is 0.274 e. The van der Waals surface area contributed by atoms with Gasteiger partial charge in [0.25, 0.3) is 5.91 Å². The van der Waals surface area contributed by atoms with Crippen molar-refractivity contribution in [2.75, 3.05) is 5.32 Å². The number of hydrogen-bond acceptors (Lipinski definition) is 4. The second-order valence-corrected chi connectivity index (χ2v) is 9.17. The standard InChI is InChI=1S/C29H31N5O/c1-20-16-27(34(33-20)26-15-5-8-21(17-26)19-30)29(35)32-25-14-6-11-23(18-25)28(31-24-12-7-13-24)22-9-3-2-4-10-22/h2-6,8-11,14-18,24,28,31H,7,12-13,19,30H2,1H3,(H,32,35). The van der Waals surface area contributed by atoms with Gasteiger partial charge in [-0.15, -0.1) is 0 Å². The number of nitrogens with zero attached hydrogens (tertiary/aromatic N) is 2. The monoisotopic (exact) mass is 465 g/mol. The van der Waals surface area contributed by atoms with Crippen molar-refractivity contribution in [3.05, 3.63) is 113 Å². The molecule has 0 spiro atoms. The first-order chi connectivity index (χ1) is 17.1. The first-order valence-corrected chi connectivity index (χ1v) is 12.2. The molecule has 6 nitrogen and oxygen atoms in total. The van der Waals surface area contributed by atoms with Crippen molar-refractivity contribution in [2.24, 2.45) is 5.73 Å². The van der Waals surface area contributed by atoms with E-state index < -0.39 is 0 Å². The minimum atomic E-state index is -0.205. The smallest absolute Gasteiger partial charge is 0.274 e. The van der Waals surface area contributed by atoms with E-state index in [9.17, 15) is 4.79 Å². The van der Waals surface area contributed by atoms with Gasteiger partial charge in [0.2, 0.25) is 0 Å². The Morgan fingerprint density at radius 2 is 1.77 bits per heavy atom. The zero-order valence-electron chi connectivity index (χ0n) is 19.9. The predicted octanol–water partition coefficient (Wildman–Crippen LogP) is 5.12. The Balaban J connectivity index is 1.41. The highest BCUT2D eigenvalue weighted by Gasteiger charge is 2.24. The fourth-order valence-corrected chi connectivity index (χ4v) is 4.51. The van der Waals surface area contributed by atoms with Crippen LogP contribution in [0.3, 0.4) is 0 Å². The van der Waals surface area contributed by atoms with Crippen molar-refractivity contribution in [2.45, 2.75) is 44.8 Å². The number of carbonyl (C=O) groups is 1. The third-order valence-corrected chi connectivity index (χ3v) is 6.57. The molecule has 3 aromatic carbocycles. The molecule has 1 saturated carbocycles. The second-order valence-electron chi connectivity index (χ2n) is 9.17. The third-order valence-electron chi connectivity index (χ3n) is 6.57. The molecule has 1 fully saturated rings. The van der Waals surface area contributed by atoms with Gasteiger partial charge in [0, 0.05) is 18.3 Å². The molecule has 1 aliphatic rings. The Hall–Kier alpha value is -3.74. The molecule has 4 aromatic rings. The van der Waals surface area contributed by atoms with Gasteiger partial charge in [0.1, 0.15) is 5.69 Å². The zero-order chi connectivity index (χ0) is 24.2. The maximum absolute atomic E-state index is 13.3. The van der Waals surface area contributed by atoms with Gasteiger partial charge in [0.05, 0.1) is 17.4 Å². The van der Waals surface area contributed by atoms with Gasteiger partial charge in [-0.05, 0) is 66.8 Å². The summed E-state index contributed by atoms with van der Waals surface area (Å²) in [5.41, 5.74) is 12.0. The van der Waals surface area contributed by atoms with Crippen molar-refractivity contribution in [3.8, 4) is 5.69 Å². The fraction of sp³-hybridized carbons (Fsp3) is 0.241. The topological polar surface area (TPSA) is 85.0 Å². The van der Waals surface area contributed by atoms with Crippen LogP contribution in [0.4, 0.5) is 5.69 Å². The van der Waals surface area contributed by atoms with E-state index in [-0.39, 0.29) is 11.9 Å². The normalized spacial score (nSPS) is 14.3. The van der Waals surface area contributed by atoms with Crippen molar-refractivity contribution >= 4 is 11.6 Å². The van der Waals surface area contributed by atoms with Gasteiger partial charge in [0.15, 0.2) is 0 Å². The Bertz CT molecular complexity index is 1310. The molecule has 5 rings (SSSR count). The van der Waals surface area contributed by atoms with E-state index in [0.29, 0.717) is 18.3 Å².